The molecule has 112 valence electrons. The Bertz CT molecular complexity index is 532. The molecule has 7 heteroatoms. The van der Waals surface area contributed by atoms with Gasteiger partial charge in [0.05, 0.1) is 12.7 Å². The number of hydrogen-bond donors (Lipinski definition) is 1. The van der Waals surface area contributed by atoms with Gasteiger partial charge in [-0.2, -0.15) is 11.3 Å². The van der Waals surface area contributed by atoms with Gasteiger partial charge in [0, 0.05) is 19.6 Å². The lowest BCUT2D eigenvalue weighted by Crippen LogP contribution is -2.41. The molecule has 0 bridgehead atoms. The van der Waals surface area contributed by atoms with E-state index in [-0.39, 0.29) is 5.91 Å². The van der Waals surface area contributed by atoms with E-state index < -0.39 is 10.0 Å². The molecule has 1 aromatic rings. The van der Waals surface area contributed by atoms with E-state index in [0.29, 0.717) is 32.0 Å². The van der Waals surface area contributed by atoms with Crippen LogP contribution in [0.15, 0.2) is 16.8 Å². The molecule has 2 heterocycles. The molecule has 1 fully saturated rings. The minimum absolute atomic E-state index is 0.0361. The van der Waals surface area contributed by atoms with Gasteiger partial charge in [0.1, 0.15) is 0 Å². The minimum Gasteiger partial charge on any atom is -0.356 e. The topological polar surface area (TPSA) is 66.5 Å². The zero-order valence-corrected chi connectivity index (χ0v) is 13.2. The second-order valence-electron chi connectivity index (χ2n) is 5.22. The lowest BCUT2D eigenvalue weighted by Gasteiger charge is -2.30. The van der Waals surface area contributed by atoms with Gasteiger partial charge in [-0.1, -0.05) is 0 Å². The summed E-state index contributed by atoms with van der Waals surface area (Å²) >= 11 is 1.59. The van der Waals surface area contributed by atoms with Crippen LogP contribution >= 0.6 is 11.3 Å². The highest BCUT2D eigenvalue weighted by Crippen LogP contribution is 2.18. The first-order valence-electron chi connectivity index (χ1n) is 6.68. The Morgan fingerprint density at radius 1 is 1.45 bits per heavy atom. The van der Waals surface area contributed by atoms with Crippen LogP contribution in [0.25, 0.3) is 0 Å². The maximum atomic E-state index is 11.8. The van der Waals surface area contributed by atoms with E-state index in [9.17, 15) is 13.2 Å². The van der Waals surface area contributed by atoms with E-state index in [1.807, 2.05) is 16.8 Å². The van der Waals surface area contributed by atoms with Crippen LogP contribution in [0.5, 0.6) is 0 Å². The van der Waals surface area contributed by atoms with E-state index in [2.05, 4.69) is 5.32 Å². The molecule has 1 aliphatic rings. The first-order valence-corrected chi connectivity index (χ1v) is 9.47. The molecule has 0 saturated carbocycles. The lowest BCUT2D eigenvalue weighted by molar-refractivity contribution is -0.120. The molecular formula is C13H20N2O3S2. The van der Waals surface area contributed by atoms with Crippen LogP contribution in [0, 0.1) is 5.92 Å². The summed E-state index contributed by atoms with van der Waals surface area (Å²) < 4.78 is 24.3. The first kappa shape index (κ1) is 15.5. The van der Waals surface area contributed by atoms with Crippen molar-refractivity contribution in [3.05, 3.63) is 22.4 Å². The minimum atomic E-state index is -3.07. The molecule has 20 heavy (non-hydrogen) atoms. The maximum Gasteiger partial charge on any atom is 0.224 e. The van der Waals surface area contributed by atoms with Gasteiger partial charge in [-0.3, -0.25) is 4.79 Å². The van der Waals surface area contributed by atoms with Crippen molar-refractivity contribution >= 4 is 27.3 Å². The van der Waals surface area contributed by atoms with E-state index in [1.165, 1.54) is 10.6 Å². The van der Waals surface area contributed by atoms with Crippen molar-refractivity contribution < 1.29 is 13.2 Å². The predicted octanol–water partition coefficient (Wildman–Crippen LogP) is 1.08. The van der Waals surface area contributed by atoms with Crippen molar-refractivity contribution in [2.24, 2.45) is 5.92 Å². The lowest BCUT2D eigenvalue weighted by atomic mass is 9.98. The van der Waals surface area contributed by atoms with E-state index >= 15 is 0 Å². The molecule has 0 aromatic carbocycles. The number of carbonyl (C=O) groups excluding carboxylic acids is 1. The van der Waals surface area contributed by atoms with Crippen LogP contribution < -0.4 is 5.32 Å². The Morgan fingerprint density at radius 2 is 2.15 bits per heavy atom. The third kappa shape index (κ3) is 4.57. The molecule has 1 aromatic heterocycles. The molecule has 5 nitrogen and oxygen atoms in total. The maximum absolute atomic E-state index is 11.8. The molecule has 1 aliphatic heterocycles. The highest BCUT2D eigenvalue weighted by Gasteiger charge is 2.24. The van der Waals surface area contributed by atoms with Crippen molar-refractivity contribution in [3.63, 3.8) is 0 Å². The molecule has 2 rings (SSSR count). The molecule has 0 unspecified atom stereocenters. The van der Waals surface area contributed by atoms with Gasteiger partial charge < -0.3 is 5.32 Å². The van der Waals surface area contributed by atoms with Crippen molar-refractivity contribution in [3.8, 4) is 0 Å². The molecule has 1 saturated heterocycles. The fourth-order valence-corrected chi connectivity index (χ4v) is 3.89. The van der Waals surface area contributed by atoms with Crippen molar-refractivity contribution in [1.29, 1.82) is 0 Å². The number of piperidine rings is 1. The summed E-state index contributed by atoms with van der Waals surface area (Å²) in [6.07, 6.45) is 3.29. The normalized spacial score (nSPS) is 18.1. The van der Waals surface area contributed by atoms with E-state index in [4.69, 9.17) is 0 Å². The molecule has 0 aliphatic carbocycles. The Labute approximate surface area is 124 Å². The number of nitrogens with one attached hydrogen (secondary N) is 1. The summed E-state index contributed by atoms with van der Waals surface area (Å²) in [7, 11) is -3.07. The van der Waals surface area contributed by atoms with Gasteiger partial charge in [0.25, 0.3) is 0 Å². The molecule has 0 radical (unpaired) electrons. The SMILES string of the molecule is CS(=O)(=O)N1CCC(CNC(=O)Cc2ccsc2)CC1. The zero-order valence-electron chi connectivity index (χ0n) is 11.5. The number of sulfonamides is 1. The predicted molar refractivity (Wildman–Crippen MR) is 80.2 cm³/mol. The summed E-state index contributed by atoms with van der Waals surface area (Å²) in [4.78, 5) is 11.8. The molecule has 1 N–H and O–H groups in total. The number of amides is 1. The van der Waals surface area contributed by atoms with Crippen LogP contribution in [-0.4, -0.2) is 44.5 Å². The van der Waals surface area contributed by atoms with E-state index in [1.54, 1.807) is 11.3 Å². The van der Waals surface area contributed by atoms with E-state index in [0.717, 1.165) is 18.4 Å². The summed E-state index contributed by atoms with van der Waals surface area (Å²) in [6.45, 7) is 1.76. The Hall–Kier alpha value is -0.920. The standard InChI is InChI=1S/C13H20N2O3S2/c1-20(17,18)15-5-2-11(3-6-15)9-14-13(16)8-12-4-7-19-10-12/h4,7,10-11H,2-3,5-6,8-9H2,1H3,(H,14,16). The third-order valence-electron chi connectivity index (χ3n) is 3.58. The number of thiophene rings is 1. The van der Waals surface area contributed by atoms with Crippen LogP contribution in [-0.2, 0) is 21.2 Å². The summed E-state index contributed by atoms with van der Waals surface area (Å²) in [5.74, 6) is 0.411. The van der Waals surface area contributed by atoms with Gasteiger partial charge in [-0.15, -0.1) is 0 Å². The Balaban J connectivity index is 1.70. The van der Waals surface area contributed by atoms with Gasteiger partial charge in [0.2, 0.25) is 15.9 Å². The summed E-state index contributed by atoms with van der Waals surface area (Å²) in [5, 5.41) is 6.88. The van der Waals surface area contributed by atoms with Crippen LogP contribution in [0.1, 0.15) is 18.4 Å². The van der Waals surface area contributed by atoms with Crippen molar-refractivity contribution in [2.45, 2.75) is 19.3 Å². The first-order chi connectivity index (χ1) is 9.45. The number of rotatable bonds is 5. The zero-order chi connectivity index (χ0) is 14.6. The van der Waals surface area contributed by atoms with Crippen molar-refractivity contribution in [2.75, 3.05) is 25.9 Å². The van der Waals surface area contributed by atoms with Crippen molar-refractivity contribution in [1.82, 2.24) is 9.62 Å². The highest BCUT2D eigenvalue weighted by atomic mass is 32.2. The largest absolute Gasteiger partial charge is 0.356 e. The van der Waals surface area contributed by atoms with Crippen LogP contribution in [0.4, 0.5) is 0 Å². The second-order valence-corrected chi connectivity index (χ2v) is 7.98. The van der Waals surface area contributed by atoms with Crippen LogP contribution in [0.3, 0.4) is 0 Å². The third-order valence-corrected chi connectivity index (χ3v) is 5.61. The Morgan fingerprint density at radius 3 is 2.70 bits per heavy atom. The number of carbonyl (C=O) groups is 1. The fraction of sp³-hybridized carbons (Fsp3) is 0.615. The second kappa shape index (κ2) is 6.69. The smallest absolute Gasteiger partial charge is 0.224 e. The highest BCUT2D eigenvalue weighted by molar-refractivity contribution is 7.88. The summed E-state index contributed by atoms with van der Waals surface area (Å²) in [6, 6.07) is 1.95. The van der Waals surface area contributed by atoms with Crippen LogP contribution in [0.2, 0.25) is 0 Å². The average molecular weight is 316 g/mol. The van der Waals surface area contributed by atoms with Gasteiger partial charge in [0.15, 0.2) is 0 Å². The van der Waals surface area contributed by atoms with Gasteiger partial charge in [-0.05, 0) is 41.1 Å². The monoisotopic (exact) mass is 316 g/mol. The van der Waals surface area contributed by atoms with Gasteiger partial charge in [-0.25, -0.2) is 12.7 Å². The number of hydrogen-bond acceptors (Lipinski definition) is 4. The fourth-order valence-electron chi connectivity index (χ4n) is 2.34. The Kier molecular flexibility index (Phi) is 5.17. The quantitative estimate of drug-likeness (QED) is 0.884. The number of nitrogens with zero attached hydrogens (tertiary/aromatic N) is 1. The molecule has 1 amide bonds. The molecule has 0 spiro atoms. The van der Waals surface area contributed by atoms with Gasteiger partial charge >= 0.3 is 0 Å². The summed E-state index contributed by atoms with van der Waals surface area (Å²) in [5.41, 5.74) is 1.04. The molecule has 0 atom stereocenters. The molecular weight excluding hydrogens is 296 g/mol. The average Bonchev–Trinajstić information content (AvgIpc) is 2.88.